The van der Waals surface area contributed by atoms with Crippen LogP contribution in [-0.2, 0) is 20.3 Å². The number of hydrogen-bond acceptors (Lipinski definition) is 1. The minimum absolute atomic E-state index is 0.753. The lowest BCUT2D eigenvalue weighted by atomic mass is 9.98. The van der Waals surface area contributed by atoms with E-state index in [4.69, 9.17) is 0 Å². The molecule has 2 rings (SSSR count). The molecule has 0 unspecified atom stereocenters. The van der Waals surface area contributed by atoms with Crippen molar-refractivity contribution in [2.24, 2.45) is 0 Å². The maximum Gasteiger partial charge on any atom is 0.149 e. The molecule has 0 saturated carbocycles. The molecule has 0 heterocycles. The van der Waals surface area contributed by atoms with Crippen molar-refractivity contribution in [1.82, 2.24) is 0 Å². The van der Waals surface area contributed by atoms with Gasteiger partial charge in [-0.15, -0.1) is 0 Å². The molecule has 2 heteroatoms. The van der Waals surface area contributed by atoms with Crippen LogP contribution in [-0.4, -0.2) is 0 Å². The van der Waals surface area contributed by atoms with E-state index in [-0.39, 0.29) is 0 Å². The molecule has 0 aliphatic rings. The van der Waals surface area contributed by atoms with E-state index in [0.717, 1.165) is 17.3 Å². The third kappa shape index (κ3) is 3.48. The first kappa shape index (κ1) is 13.4. The molecule has 0 bridgehead atoms. The summed E-state index contributed by atoms with van der Waals surface area (Å²) >= 11 is -0.911. The molecule has 18 heavy (non-hydrogen) atoms. The van der Waals surface area contributed by atoms with Crippen molar-refractivity contribution in [1.29, 1.82) is 0 Å². The zero-order chi connectivity index (χ0) is 12.8. The van der Waals surface area contributed by atoms with Crippen molar-refractivity contribution in [3.63, 3.8) is 0 Å². The van der Waals surface area contributed by atoms with Crippen molar-refractivity contribution in [3.05, 3.63) is 70.8 Å². The van der Waals surface area contributed by atoms with Gasteiger partial charge in [0.1, 0.15) is 21.2 Å². The first-order valence-electron chi connectivity index (χ1n) is 6.14. The summed E-state index contributed by atoms with van der Waals surface area (Å²) in [5.74, 6) is 0. The average Bonchev–Trinajstić information content (AvgIpc) is 2.40. The number of rotatable bonds is 5. The van der Waals surface area contributed by atoms with Crippen LogP contribution in [0.15, 0.2) is 48.5 Å². The zero-order valence-corrected chi connectivity index (χ0v) is 12.7. The molecule has 0 atom stereocenters. The van der Waals surface area contributed by atoms with E-state index in [1.165, 1.54) is 22.3 Å². The lowest BCUT2D eigenvalue weighted by Gasteiger charge is -2.08. The molecule has 0 fully saturated rings. The third-order valence-electron chi connectivity index (χ3n) is 3.24. The van der Waals surface area contributed by atoms with Gasteiger partial charge in [0.2, 0.25) is 0 Å². The van der Waals surface area contributed by atoms with E-state index >= 15 is 0 Å². The molecule has 1 nitrogen and oxygen atoms in total. The number of halogens is 1. The minimum Gasteiger partial charge on any atom is -0.270 e. The van der Waals surface area contributed by atoms with Gasteiger partial charge in [0.05, 0.1) is 4.43 Å². The molecule has 94 valence electrons. The molecule has 2 aromatic rings. The molecular formula is C16H17IO. The van der Waals surface area contributed by atoms with Crippen LogP contribution in [0.2, 0.25) is 0 Å². The summed E-state index contributed by atoms with van der Waals surface area (Å²) in [5.41, 5.74) is 5.36. The van der Waals surface area contributed by atoms with Crippen molar-refractivity contribution >= 4 is 21.2 Å². The van der Waals surface area contributed by atoms with Gasteiger partial charge < -0.3 is 0 Å². The van der Waals surface area contributed by atoms with E-state index in [1.807, 2.05) is 6.07 Å². The van der Waals surface area contributed by atoms with E-state index in [0.29, 0.717) is 0 Å². The quantitative estimate of drug-likeness (QED) is 0.568. The topological polar surface area (TPSA) is 17.1 Å². The van der Waals surface area contributed by atoms with Crippen molar-refractivity contribution in [2.45, 2.75) is 24.2 Å². The fraction of sp³-hybridized carbons (Fsp3) is 0.250. The van der Waals surface area contributed by atoms with E-state index in [1.54, 1.807) is 0 Å². The summed E-state index contributed by atoms with van der Waals surface area (Å²) in [4.78, 5) is 0. The molecule has 0 aliphatic carbocycles. The van der Waals surface area contributed by atoms with Gasteiger partial charge in [-0.1, -0.05) is 48.5 Å². The Morgan fingerprint density at radius 3 is 2.06 bits per heavy atom. The second kappa shape index (κ2) is 6.78. The van der Waals surface area contributed by atoms with E-state index in [2.05, 4.69) is 49.4 Å². The molecule has 0 aliphatic heterocycles. The Hall–Kier alpha value is -1.03. The fourth-order valence-corrected chi connectivity index (χ4v) is 3.23. The van der Waals surface area contributed by atoms with Gasteiger partial charge in [0, 0.05) is 0 Å². The van der Waals surface area contributed by atoms with Crippen LogP contribution in [0.3, 0.4) is 0 Å². The summed E-state index contributed by atoms with van der Waals surface area (Å²) in [6.45, 7) is 2.16. The summed E-state index contributed by atoms with van der Waals surface area (Å²) < 4.78 is 11.6. The second-order valence-corrected chi connectivity index (χ2v) is 5.82. The molecule has 0 spiro atoms. The first-order valence-corrected chi connectivity index (χ1v) is 8.54. The zero-order valence-electron chi connectivity index (χ0n) is 10.5. The number of hydrogen-bond donors (Lipinski definition) is 0. The van der Waals surface area contributed by atoms with Crippen LogP contribution in [0.25, 0.3) is 0 Å². The standard InChI is InChI=1S/C16H17IO/c1-13-6-2-3-7-14(13)10-11-15-8-4-5-9-16(15)12-17-18/h2-9H,10-12H2,1H3. The smallest absolute Gasteiger partial charge is 0.149 e. The van der Waals surface area contributed by atoms with Crippen LogP contribution < -0.4 is 0 Å². The number of aryl methyl sites for hydroxylation is 3. The highest BCUT2D eigenvalue weighted by Crippen LogP contribution is 2.18. The van der Waals surface area contributed by atoms with Gasteiger partial charge in [-0.3, -0.25) is 3.07 Å². The van der Waals surface area contributed by atoms with Crippen molar-refractivity contribution in [2.75, 3.05) is 0 Å². The van der Waals surface area contributed by atoms with Crippen molar-refractivity contribution < 1.29 is 3.07 Å². The highest BCUT2D eigenvalue weighted by atomic mass is 127. The van der Waals surface area contributed by atoms with Crippen LogP contribution in [0, 0.1) is 6.92 Å². The summed E-state index contributed by atoms with van der Waals surface area (Å²) in [6, 6.07) is 16.9. The van der Waals surface area contributed by atoms with Gasteiger partial charge in [0.15, 0.2) is 0 Å². The molecule has 0 saturated heterocycles. The predicted molar refractivity (Wildman–Crippen MR) is 83.4 cm³/mol. The van der Waals surface area contributed by atoms with Crippen LogP contribution in [0.1, 0.15) is 22.3 Å². The Morgan fingerprint density at radius 2 is 1.39 bits per heavy atom. The third-order valence-corrected chi connectivity index (χ3v) is 4.38. The van der Waals surface area contributed by atoms with E-state index < -0.39 is 21.2 Å². The van der Waals surface area contributed by atoms with E-state index in [9.17, 15) is 3.07 Å². The maximum atomic E-state index is 10.9. The SMILES string of the molecule is Cc1ccccc1CCc1ccccc1CI=O. The maximum absolute atomic E-state index is 10.9. The van der Waals surface area contributed by atoms with Gasteiger partial charge in [-0.05, 0) is 42.0 Å². The molecule has 0 N–H and O–H groups in total. The highest BCUT2D eigenvalue weighted by molar-refractivity contribution is 14.1. The fourth-order valence-electron chi connectivity index (χ4n) is 2.15. The Bertz CT molecular complexity index is 534. The normalized spacial score (nSPS) is 10.5. The highest BCUT2D eigenvalue weighted by Gasteiger charge is 2.03. The molecule has 0 aromatic heterocycles. The summed E-state index contributed by atoms with van der Waals surface area (Å²) in [7, 11) is 0. The molecular weight excluding hydrogens is 335 g/mol. The number of benzene rings is 2. The minimum atomic E-state index is -0.911. The lowest BCUT2D eigenvalue weighted by Crippen LogP contribution is -1.97. The largest absolute Gasteiger partial charge is 0.270 e. The van der Waals surface area contributed by atoms with Crippen LogP contribution >= 0.6 is 21.2 Å². The summed E-state index contributed by atoms with van der Waals surface area (Å²) in [5, 5.41) is 0. The Morgan fingerprint density at radius 1 is 0.833 bits per heavy atom. The molecule has 0 radical (unpaired) electrons. The second-order valence-electron chi connectivity index (χ2n) is 4.44. The predicted octanol–water partition coefficient (Wildman–Crippen LogP) is 4.60. The number of alkyl halides is 1. The lowest BCUT2D eigenvalue weighted by molar-refractivity contribution is 0.647. The average molecular weight is 352 g/mol. The van der Waals surface area contributed by atoms with Gasteiger partial charge in [-0.2, -0.15) is 0 Å². The summed E-state index contributed by atoms with van der Waals surface area (Å²) in [6.07, 6.45) is 2.09. The Balaban J connectivity index is 2.11. The van der Waals surface area contributed by atoms with Crippen LogP contribution in [0.4, 0.5) is 0 Å². The van der Waals surface area contributed by atoms with Crippen molar-refractivity contribution in [3.8, 4) is 0 Å². The molecule has 0 amide bonds. The van der Waals surface area contributed by atoms with Gasteiger partial charge in [-0.25, -0.2) is 0 Å². The first-order chi connectivity index (χ1) is 8.81. The Kier molecular flexibility index (Phi) is 5.05. The van der Waals surface area contributed by atoms with Crippen LogP contribution in [0.5, 0.6) is 0 Å². The Labute approximate surface area is 119 Å². The molecule has 2 aromatic carbocycles. The van der Waals surface area contributed by atoms with Gasteiger partial charge in [0.25, 0.3) is 0 Å². The monoisotopic (exact) mass is 352 g/mol. The van der Waals surface area contributed by atoms with Gasteiger partial charge >= 0.3 is 0 Å².